The normalized spacial score (nSPS) is 23.9. The summed E-state index contributed by atoms with van der Waals surface area (Å²) in [5.41, 5.74) is -3.39. The molecule has 0 radical (unpaired) electrons. The Bertz CT molecular complexity index is 1620. The molecular weight excluding hydrogens is 633 g/mol. The lowest BCUT2D eigenvalue weighted by molar-refractivity contribution is 0.134. The summed E-state index contributed by atoms with van der Waals surface area (Å²) in [4.78, 5) is 0. The lowest BCUT2D eigenvalue weighted by Gasteiger charge is -2.43. The highest BCUT2D eigenvalue weighted by Gasteiger charge is 2.69. The van der Waals surface area contributed by atoms with Crippen molar-refractivity contribution in [2.45, 2.75) is 97.7 Å². The smallest absolute Gasteiger partial charge is 0.204 e. The van der Waals surface area contributed by atoms with E-state index in [0.29, 0.717) is 18.4 Å². The fourth-order valence-corrected chi connectivity index (χ4v) is 8.48. The molecule has 0 nitrogen and oxygen atoms in total. The summed E-state index contributed by atoms with van der Waals surface area (Å²) >= 11 is 0. The van der Waals surface area contributed by atoms with Gasteiger partial charge in [-0.25, -0.2) is 43.9 Å². The van der Waals surface area contributed by atoms with E-state index in [9.17, 15) is 26.3 Å². The number of fused-ring (bicyclic) bond motifs is 2. The van der Waals surface area contributed by atoms with Gasteiger partial charge in [0.05, 0.1) is 0 Å². The minimum Gasteiger partial charge on any atom is -0.204 e. The van der Waals surface area contributed by atoms with E-state index in [1.165, 1.54) is 0 Å². The van der Waals surface area contributed by atoms with Gasteiger partial charge in [0.2, 0.25) is 6.71 Å². The van der Waals surface area contributed by atoms with Crippen LogP contribution in [0.1, 0.15) is 97.8 Å². The monoisotopic (exact) mass is 670 g/mol. The predicted octanol–water partition coefficient (Wildman–Crippen LogP) is 9.89. The lowest BCUT2D eigenvalue weighted by Crippen LogP contribution is -2.56. The summed E-state index contributed by atoms with van der Waals surface area (Å²) < 4.78 is 151. The first-order valence-electron chi connectivity index (χ1n) is 15.6. The van der Waals surface area contributed by atoms with Crippen LogP contribution >= 0.6 is 0 Å². The van der Waals surface area contributed by atoms with Crippen LogP contribution in [0.2, 0.25) is 5.82 Å². The second-order valence-electron chi connectivity index (χ2n) is 16.1. The maximum Gasteiger partial charge on any atom is 0.229 e. The molecular formula is C36H37BF10. The van der Waals surface area contributed by atoms with Gasteiger partial charge in [-0.3, -0.25) is 0 Å². The Morgan fingerprint density at radius 3 is 1.23 bits per heavy atom. The van der Waals surface area contributed by atoms with Crippen LogP contribution in [-0.2, 0) is 10.8 Å². The number of rotatable bonds is 4. The highest BCUT2D eigenvalue weighted by atomic mass is 19.2. The third-order valence-corrected chi connectivity index (χ3v) is 11.5. The molecule has 0 aromatic heterocycles. The van der Waals surface area contributed by atoms with Gasteiger partial charge in [0.15, 0.2) is 58.2 Å². The molecule has 0 saturated heterocycles. The molecule has 2 bridgehead atoms. The Balaban J connectivity index is 1.97. The summed E-state index contributed by atoms with van der Waals surface area (Å²) in [6.45, 7) is 15.0. The second-order valence-corrected chi connectivity index (χ2v) is 16.1. The standard InChI is InChI=1S/C36H37BF10/c1-33(2,3)16-12-15(13-17(14-16)34(4,5)6)19-20(18-10-11-36(19,9)35(18,7)8)37(21-23(38)27(42)31(46)28(43)24(21)39)22-25(40)29(44)32(47)30(45)26(22)41/h12-14,18-20H,10-11H2,1-9H3/t18?,19-,20+,36?/m0/s1. The molecule has 0 spiro atoms. The van der Waals surface area contributed by atoms with Gasteiger partial charge >= 0.3 is 0 Å². The van der Waals surface area contributed by atoms with Gasteiger partial charge in [0, 0.05) is 10.9 Å². The van der Waals surface area contributed by atoms with Crippen LogP contribution in [0.4, 0.5) is 43.9 Å². The van der Waals surface area contributed by atoms with E-state index in [2.05, 4.69) is 0 Å². The molecule has 0 N–H and O–H groups in total. The van der Waals surface area contributed by atoms with Gasteiger partial charge in [-0.2, -0.15) is 0 Å². The van der Waals surface area contributed by atoms with E-state index in [0.717, 1.165) is 11.1 Å². The van der Waals surface area contributed by atoms with Crippen LogP contribution in [0.25, 0.3) is 0 Å². The van der Waals surface area contributed by atoms with Gasteiger partial charge in [-0.1, -0.05) is 80.5 Å². The summed E-state index contributed by atoms with van der Waals surface area (Å²) in [5.74, 6) is -27.0. The number of hydrogen-bond donors (Lipinski definition) is 0. The van der Waals surface area contributed by atoms with Gasteiger partial charge in [0.1, 0.15) is 0 Å². The zero-order valence-electron chi connectivity index (χ0n) is 27.7. The largest absolute Gasteiger partial charge is 0.229 e. The number of benzene rings is 3. The quantitative estimate of drug-likeness (QED) is 0.112. The second kappa shape index (κ2) is 11.0. The molecule has 4 atom stereocenters. The van der Waals surface area contributed by atoms with Crippen molar-refractivity contribution in [1.82, 2.24) is 0 Å². The molecule has 5 rings (SSSR count). The summed E-state index contributed by atoms with van der Waals surface area (Å²) in [7, 11) is 0. The fraction of sp³-hybridized carbons (Fsp3) is 0.500. The van der Waals surface area contributed by atoms with Crippen molar-refractivity contribution >= 4 is 17.6 Å². The minimum atomic E-state index is -2.51. The van der Waals surface area contributed by atoms with E-state index < -0.39 is 115 Å². The van der Waals surface area contributed by atoms with Crippen molar-refractivity contribution in [3.8, 4) is 0 Å². The predicted molar refractivity (Wildman–Crippen MR) is 162 cm³/mol. The average Bonchev–Trinajstić information content (AvgIpc) is 3.31. The molecule has 3 aromatic rings. The summed E-state index contributed by atoms with van der Waals surface area (Å²) in [6.07, 6.45) is 0.842. The highest BCUT2D eigenvalue weighted by molar-refractivity contribution is 6.86. The van der Waals surface area contributed by atoms with E-state index >= 15 is 17.6 Å². The maximum absolute atomic E-state index is 15.8. The first-order valence-corrected chi connectivity index (χ1v) is 15.6. The lowest BCUT2D eigenvalue weighted by atomic mass is 9.28. The highest BCUT2D eigenvalue weighted by Crippen LogP contribution is 2.76. The summed E-state index contributed by atoms with van der Waals surface area (Å²) in [5, 5.41) is 0. The third-order valence-electron chi connectivity index (χ3n) is 11.5. The molecule has 0 aliphatic heterocycles. The van der Waals surface area contributed by atoms with Crippen LogP contribution in [-0.4, -0.2) is 6.71 Å². The van der Waals surface area contributed by atoms with E-state index in [-0.39, 0.29) is 0 Å². The topological polar surface area (TPSA) is 0 Å². The fourth-order valence-electron chi connectivity index (χ4n) is 8.48. The zero-order chi connectivity index (χ0) is 35.5. The molecule has 2 unspecified atom stereocenters. The Labute approximate surface area is 269 Å². The van der Waals surface area contributed by atoms with Crippen molar-refractivity contribution in [3.63, 3.8) is 0 Å². The van der Waals surface area contributed by atoms with E-state index in [4.69, 9.17) is 0 Å². The Morgan fingerprint density at radius 1 is 0.553 bits per heavy atom. The van der Waals surface area contributed by atoms with Crippen molar-refractivity contribution in [3.05, 3.63) is 93.1 Å². The number of hydrogen-bond acceptors (Lipinski definition) is 0. The zero-order valence-corrected chi connectivity index (χ0v) is 27.7. The molecule has 3 aromatic carbocycles. The molecule has 2 aliphatic carbocycles. The molecule has 0 amide bonds. The molecule has 2 aliphatic rings. The van der Waals surface area contributed by atoms with Gasteiger partial charge in [0.25, 0.3) is 0 Å². The van der Waals surface area contributed by atoms with Gasteiger partial charge in [-0.05, 0) is 68.8 Å². The molecule has 2 saturated carbocycles. The van der Waals surface area contributed by atoms with Crippen molar-refractivity contribution in [1.29, 1.82) is 0 Å². The molecule has 254 valence electrons. The summed E-state index contributed by atoms with van der Waals surface area (Å²) in [6, 6.07) is 5.73. The van der Waals surface area contributed by atoms with Gasteiger partial charge in [-0.15, -0.1) is 0 Å². The Hall–Kier alpha value is -2.98. The molecule has 47 heavy (non-hydrogen) atoms. The van der Waals surface area contributed by atoms with E-state index in [1.807, 2.05) is 80.5 Å². The van der Waals surface area contributed by atoms with Crippen LogP contribution in [0, 0.1) is 74.9 Å². The van der Waals surface area contributed by atoms with E-state index in [1.54, 1.807) is 0 Å². The number of halogens is 10. The maximum atomic E-state index is 15.8. The first-order chi connectivity index (χ1) is 21.4. The molecule has 11 heteroatoms. The van der Waals surface area contributed by atoms with Crippen molar-refractivity contribution in [2.75, 3.05) is 0 Å². The van der Waals surface area contributed by atoms with Crippen molar-refractivity contribution in [2.24, 2.45) is 16.7 Å². The Kier molecular flexibility index (Phi) is 8.29. The molecule has 0 heterocycles. The third kappa shape index (κ3) is 5.03. The minimum absolute atomic E-state index is 0.317. The van der Waals surface area contributed by atoms with Gasteiger partial charge < -0.3 is 0 Å². The van der Waals surface area contributed by atoms with Crippen LogP contribution in [0.15, 0.2) is 18.2 Å². The average molecular weight is 670 g/mol. The Morgan fingerprint density at radius 2 is 0.894 bits per heavy atom. The molecule has 2 fully saturated rings. The van der Waals surface area contributed by atoms with Crippen LogP contribution in [0.3, 0.4) is 0 Å². The SMILES string of the molecule is CC(C)(C)c1cc([C@H]2[C@H](B(c3c(F)c(F)c(F)c(F)c3F)c3c(F)c(F)c(F)c(F)c3F)C3CCC2(C)C3(C)C)cc(C(C)(C)C)c1. The van der Waals surface area contributed by atoms with Crippen LogP contribution < -0.4 is 10.9 Å². The van der Waals surface area contributed by atoms with Crippen molar-refractivity contribution < 1.29 is 43.9 Å². The van der Waals surface area contributed by atoms with Crippen LogP contribution in [0.5, 0.6) is 0 Å². The first kappa shape index (κ1) is 35.3.